The van der Waals surface area contributed by atoms with Crippen LogP contribution in [-0.4, -0.2) is 37.2 Å². The fourth-order valence-corrected chi connectivity index (χ4v) is 3.24. The van der Waals surface area contributed by atoms with Crippen LogP contribution >= 0.6 is 23.5 Å². The molecular weight excluding hydrogens is 330 g/mol. The Bertz CT molecular complexity index is 630. The lowest BCUT2D eigenvalue weighted by atomic mass is 10.3. The minimum absolute atomic E-state index is 0.0416. The lowest BCUT2D eigenvalue weighted by Gasteiger charge is -2.06. The van der Waals surface area contributed by atoms with Crippen molar-refractivity contribution in [3.8, 4) is 0 Å². The number of pyridine rings is 1. The summed E-state index contributed by atoms with van der Waals surface area (Å²) in [6.07, 6.45) is 1.72. The van der Waals surface area contributed by atoms with Gasteiger partial charge in [0.25, 0.3) is 0 Å². The number of nitrogens with one attached hydrogen (secondary N) is 1. The predicted octanol–water partition coefficient (Wildman–Crippen LogP) is 2.37. The van der Waals surface area contributed by atoms with Crippen LogP contribution in [0.2, 0.25) is 0 Å². The van der Waals surface area contributed by atoms with Crippen molar-refractivity contribution in [2.75, 3.05) is 11.5 Å². The number of carbonyl (C=O) groups is 1. The van der Waals surface area contributed by atoms with E-state index in [9.17, 15) is 4.79 Å². The second-order valence-electron chi connectivity index (χ2n) is 5.40. The van der Waals surface area contributed by atoms with Crippen LogP contribution in [0.1, 0.15) is 19.7 Å². The summed E-state index contributed by atoms with van der Waals surface area (Å²) in [6.45, 7) is 4.72. The molecule has 2 heterocycles. The molecule has 0 fully saturated rings. The molecule has 8 heteroatoms. The van der Waals surface area contributed by atoms with Crippen molar-refractivity contribution in [3.63, 3.8) is 0 Å². The maximum atomic E-state index is 11.9. The molecule has 2 rings (SSSR count). The van der Waals surface area contributed by atoms with Gasteiger partial charge in [-0.2, -0.15) is 0 Å². The highest BCUT2D eigenvalue weighted by molar-refractivity contribution is 8.00. The Morgan fingerprint density at radius 1 is 1.30 bits per heavy atom. The van der Waals surface area contributed by atoms with Crippen molar-refractivity contribution >= 4 is 29.4 Å². The first kappa shape index (κ1) is 17.8. The van der Waals surface area contributed by atoms with E-state index in [4.69, 9.17) is 0 Å². The molecule has 0 bridgehead atoms. The van der Waals surface area contributed by atoms with Crippen molar-refractivity contribution in [1.29, 1.82) is 0 Å². The van der Waals surface area contributed by atoms with Crippen LogP contribution in [0.25, 0.3) is 0 Å². The van der Waals surface area contributed by atoms with Gasteiger partial charge in [-0.3, -0.25) is 4.79 Å². The highest BCUT2D eigenvalue weighted by Crippen LogP contribution is 2.18. The van der Waals surface area contributed by atoms with Crippen molar-refractivity contribution in [2.24, 2.45) is 13.0 Å². The zero-order valence-electron chi connectivity index (χ0n) is 13.5. The number of rotatable bonds is 8. The molecule has 124 valence electrons. The van der Waals surface area contributed by atoms with Crippen molar-refractivity contribution < 1.29 is 4.79 Å². The zero-order valence-corrected chi connectivity index (χ0v) is 15.2. The van der Waals surface area contributed by atoms with Crippen LogP contribution in [0.4, 0.5) is 0 Å². The van der Waals surface area contributed by atoms with Gasteiger partial charge >= 0.3 is 0 Å². The Kier molecular flexibility index (Phi) is 6.91. The molecule has 0 spiro atoms. The van der Waals surface area contributed by atoms with Crippen LogP contribution < -0.4 is 5.32 Å². The number of hydrogen-bond acceptors (Lipinski definition) is 6. The smallest absolute Gasteiger partial charge is 0.230 e. The number of amides is 1. The molecule has 2 aromatic rings. The fourth-order valence-electron chi connectivity index (χ4n) is 1.67. The second kappa shape index (κ2) is 8.93. The van der Waals surface area contributed by atoms with Gasteiger partial charge in [0.05, 0.1) is 17.3 Å². The van der Waals surface area contributed by atoms with Crippen molar-refractivity contribution in [2.45, 2.75) is 30.6 Å². The van der Waals surface area contributed by atoms with Gasteiger partial charge in [0.15, 0.2) is 11.0 Å². The lowest BCUT2D eigenvalue weighted by Crippen LogP contribution is -2.26. The maximum absolute atomic E-state index is 11.9. The SMILES string of the molecule is CC(C)CSc1nnc(CNC(=O)CSc2ccccn2)n1C. The maximum Gasteiger partial charge on any atom is 0.230 e. The molecule has 0 saturated carbocycles. The van der Waals surface area contributed by atoms with E-state index in [0.717, 1.165) is 21.8 Å². The molecule has 2 aromatic heterocycles. The predicted molar refractivity (Wildman–Crippen MR) is 93.4 cm³/mol. The minimum Gasteiger partial charge on any atom is -0.348 e. The minimum atomic E-state index is -0.0416. The molecule has 0 saturated heterocycles. The molecule has 0 aliphatic carbocycles. The van der Waals surface area contributed by atoms with Gasteiger partial charge in [-0.15, -0.1) is 10.2 Å². The summed E-state index contributed by atoms with van der Waals surface area (Å²) < 4.78 is 1.93. The van der Waals surface area contributed by atoms with Crippen molar-refractivity contribution in [1.82, 2.24) is 25.1 Å². The van der Waals surface area contributed by atoms with Crippen LogP contribution in [0, 0.1) is 5.92 Å². The van der Waals surface area contributed by atoms with E-state index in [1.54, 1.807) is 18.0 Å². The molecule has 6 nitrogen and oxygen atoms in total. The summed E-state index contributed by atoms with van der Waals surface area (Å²) in [7, 11) is 1.92. The van der Waals surface area contributed by atoms with E-state index in [-0.39, 0.29) is 5.91 Å². The van der Waals surface area contributed by atoms with Gasteiger partial charge < -0.3 is 9.88 Å². The van der Waals surface area contributed by atoms with E-state index in [1.165, 1.54) is 11.8 Å². The Morgan fingerprint density at radius 2 is 2.13 bits per heavy atom. The van der Waals surface area contributed by atoms with Gasteiger partial charge in [0, 0.05) is 19.0 Å². The molecule has 1 N–H and O–H groups in total. The van der Waals surface area contributed by atoms with Crippen LogP contribution in [0.5, 0.6) is 0 Å². The molecule has 0 aromatic carbocycles. The molecule has 0 unspecified atom stereocenters. The number of aromatic nitrogens is 4. The number of nitrogens with zero attached hydrogens (tertiary/aromatic N) is 4. The third-order valence-corrected chi connectivity index (χ3v) is 5.29. The number of carbonyl (C=O) groups excluding carboxylic acids is 1. The third-order valence-electron chi connectivity index (χ3n) is 2.90. The van der Waals surface area contributed by atoms with Gasteiger partial charge in [-0.1, -0.05) is 43.4 Å². The van der Waals surface area contributed by atoms with Gasteiger partial charge in [0.1, 0.15) is 0 Å². The summed E-state index contributed by atoms with van der Waals surface area (Å²) in [6, 6.07) is 5.65. The molecule has 0 aliphatic rings. The zero-order chi connectivity index (χ0) is 16.7. The molecular formula is C15H21N5OS2. The van der Waals surface area contributed by atoms with E-state index >= 15 is 0 Å². The third kappa shape index (κ3) is 5.87. The van der Waals surface area contributed by atoms with E-state index in [2.05, 4.69) is 34.3 Å². The second-order valence-corrected chi connectivity index (χ2v) is 7.38. The monoisotopic (exact) mass is 351 g/mol. The first-order valence-corrected chi connectivity index (χ1v) is 9.35. The highest BCUT2D eigenvalue weighted by Gasteiger charge is 2.11. The summed E-state index contributed by atoms with van der Waals surface area (Å²) in [5.41, 5.74) is 0. The lowest BCUT2D eigenvalue weighted by molar-refractivity contribution is -0.118. The molecule has 1 amide bonds. The summed E-state index contributed by atoms with van der Waals surface area (Å²) >= 11 is 3.10. The Labute approximate surface area is 144 Å². The quantitative estimate of drug-likeness (QED) is 0.736. The molecule has 0 aliphatic heterocycles. The topological polar surface area (TPSA) is 72.7 Å². The standard InChI is InChI=1S/C15H21N5OS2/c1-11(2)9-23-15-19-18-12(20(15)3)8-17-13(21)10-22-14-6-4-5-7-16-14/h4-7,11H,8-10H2,1-3H3,(H,17,21). The number of hydrogen-bond donors (Lipinski definition) is 1. The van der Waals surface area contributed by atoms with Crippen molar-refractivity contribution in [3.05, 3.63) is 30.2 Å². The molecule has 0 atom stereocenters. The number of thioether (sulfide) groups is 2. The largest absolute Gasteiger partial charge is 0.348 e. The normalized spacial score (nSPS) is 11.0. The molecule has 0 radical (unpaired) electrons. The summed E-state index contributed by atoms with van der Waals surface area (Å²) in [5.74, 6) is 2.65. The molecule has 23 heavy (non-hydrogen) atoms. The van der Waals surface area contributed by atoms with Gasteiger partial charge in [-0.05, 0) is 18.1 Å². The Balaban J connectivity index is 1.78. The van der Waals surface area contributed by atoms with E-state index in [0.29, 0.717) is 18.2 Å². The van der Waals surface area contributed by atoms with Crippen LogP contribution in [0.15, 0.2) is 34.6 Å². The van der Waals surface area contributed by atoms with Crippen LogP contribution in [-0.2, 0) is 18.4 Å². The van der Waals surface area contributed by atoms with E-state index in [1.807, 2.05) is 29.8 Å². The van der Waals surface area contributed by atoms with E-state index < -0.39 is 0 Å². The highest BCUT2D eigenvalue weighted by atomic mass is 32.2. The fraction of sp³-hybridized carbons (Fsp3) is 0.467. The first-order chi connectivity index (χ1) is 11.1. The Morgan fingerprint density at radius 3 is 2.83 bits per heavy atom. The Hall–Kier alpha value is -1.54. The average Bonchev–Trinajstić information content (AvgIpc) is 2.90. The average molecular weight is 352 g/mol. The summed E-state index contributed by atoms with van der Waals surface area (Å²) in [4.78, 5) is 16.1. The van der Waals surface area contributed by atoms with Gasteiger partial charge in [0.2, 0.25) is 5.91 Å². The van der Waals surface area contributed by atoms with Gasteiger partial charge in [-0.25, -0.2) is 4.98 Å². The van der Waals surface area contributed by atoms with Crippen LogP contribution in [0.3, 0.4) is 0 Å². The summed E-state index contributed by atoms with van der Waals surface area (Å²) in [5, 5.41) is 12.9. The first-order valence-electron chi connectivity index (χ1n) is 7.38.